The molecule has 0 saturated heterocycles. The van der Waals surface area contributed by atoms with Gasteiger partial charge in [0.2, 0.25) is 0 Å². The molecule has 4 aliphatic rings. The van der Waals surface area contributed by atoms with Crippen LogP contribution in [0.4, 0.5) is 0 Å². The molecule has 0 bridgehead atoms. The Balaban J connectivity index is 0.000000187. The number of hydrogen-bond acceptors (Lipinski definition) is 0. The minimum Gasteiger partial charge on any atom is -1.00 e. The fraction of sp³-hybridized carbons (Fsp3) is 0.273. The molecule has 0 N–H and O–H groups in total. The first-order valence-corrected chi connectivity index (χ1v) is 44.5. The molecule has 0 nitrogen and oxygen atoms in total. The Kier molecular flexibility index (Phi) is 13.3. The first kappa shape index (κ1) is 39.8. The maximum Gasteiger partial charge on any atom is -1.00 e. The summed E-state index contributed by atoms with van der Waals surface area (Å²) in [5.41, 5.74) is 19.2. The summed E-state index contributed by atoms with van der Waals surface area (Å²) in [5.74, 6) is -1.31. The van der Waals surface area contributed by atoms with Crippen molar-refractivity contribution in [1.82, 2.24) is 0 Å². The van der Waals surface area contributed by atoms with E-state index < -0.39 is 53.2 Å². The van der Waals surface area contributed by atoms with E-state index in [0.717, 1.165) is 14.7 Å². The van der Waals surface area contributed by atoms with Crippen LogP contribution in [0, 0.1) is 0 Å². The minimum atomic E-state index is -1.93. The topological polar surface area (TPSA) is 0 Å². The van der Waals surface area contributed by atoms with E-state index in [9.17, 15) is 0 Å². The third-order valence-corrected chi connectivity index (χ3v) is 74.2. The number of allylic oxidation sites excluding steroid dienone is 4. The number of fused-ring (bicyclic) bond motifs is 4. The molecule has 256 valence electrons. The molecule has 0 radical (unpaired) electrons. The molecule has 0 amide bonds. The summed E-state index contributed by atoms with van der Waals surface area (Å²) in [7, 11) is 0. The van der Waals surface area contributed by atoms with Crippen molar-refractivity contribution in [2.45, 2.75) is 68.6 Å². The average molecular weight is 1060 g/mol. The molecule has 4 aromatic carbocycles. The summed E-state index contributed by atoms with van der Waals surface area (Å²) in [6.45, 7) is 20.1. The quantitative estimate of drug-likeness (QED) is 0.214. The zero-order valence-electron chi connectivity index (χ0n) is 30.8. The summed E-state index contributed by atoms with van der Waals surface area (Å²) < 4.78 is 3.21. The van der Waals surface area contributed by atoms with Crippen molar-refractivity contribution < 1.29 is 66.0 Å². The fourth-order valence-electron chi connectivity index (χ4n) is 9.35. The van der Waals surface area contributed by atoms with Gasteiger partial charge in [-0.15, -0.1) is 0 Å². The van der Waals surface area contributed by atoms with Crippen LogP contribution >= 0.6 is 0 Å². The monoisotopic (exact) mass is 1060 g/mol. The molecule has 4 aliphatic carbocycles. The maximum absolute atomic E-state index is 2.63. The maximum atomic E-state index is 2.63. The van der Waals surface area contributed by atoms with Gasteiger partial charge in [0.15, 0.2) is 0 Å². The number of hydrogen-bond donors (Lipinski definition) is 0. The Morgan fingerprint density at radius 3 is 0.760 bits per heavy atom. The Labute approximate surface area is 331 Å². The first-order chi connectivity index (χ1) is 23.2. The van der Waals surface area contributed by atoms with Gasteiger partial charge in [-0.05, 0) is 0 Å². The first-order valence-electron chi connectivity index (χ1n) is 18.0. The fourth-order valence-corrected chi connectivity index (χ4v) is 75.3. The van der Waals surface area contributed by atoms with Crippen molar-refractivity contribution in [2.75, 3.05) is 0 Å². The minimum absolute atomic E-state index is 0. The molecule has 0 saturated carbocycles. The van der Waals surface area contributed by atoms with Gasteiger partial charge in [0.05, 0.1) is 0 Å². The van der Waals surface area contributed by atoms with E-state index >= 15 is 0 Å². The summed E-state index contributed by atoms with van der Waals surface area (Å²) in [4.78, 5) is 0. The van der Waals surface area contributed by atoms with E-state index in [0.29, 0.717) is 0 Å². The molecule has 0 heterocycles. The van der Waals surface area contributed by atoms with E-state index in [2.05, 4.69) is 175 Å². The second-order valence-electron chi connectivity index (χ2n) is 15.1. The molecule has 50 heavy (non-hydrogen) atoms. The molecule has 4 atom stereocenters. The van der Waals surface area contributed by atoms with Crippen molar-refractivity contribution in [2.24, 2.45) is 0 Å². The summed E-state index contributed by atoms with van der Waals surface area (Å²) in [6, 6.07) is 36.7. The zero-order valence-corrected chi connectivity index (χ0v) is 41.8. The van der Waals surface area contributed by atoms with E-state index in [1.807, 2.05) is 0 Å². The van der Waals surface area contributed by atoms with Crippen LogP contribution < -0.4 is 24.8 Å². The predicted octanol–water partition coefficient (Wildman–Crippen LogP) is 5.82. The van der Waals surface area contributed by atoms with Gasteiger partial charge < -0.3 is 24.8 Å². The third-order valence-electron chi connectivity index (χ3n) is 11.2. The van der Waals surface area contributed by atoms with Crippen LogP contribution in [0.25, 0.3) is 24.3 Å². The van der Waals surface area contributed by atoms with E-state index in [4.69, 9.17) is 0 Å². The van der Waals surface area contributed by atoms with Gasteiger partial charge in [0, 0.05) is 0 Å². The largest absolute Gasteiger partial charge is 1.00 e. The van der Waals surface area contributed by atoms with Crippen LogP contribution in [0.5, 0.6) is 0 Å². The summed E-state index contributed by atoms with van der Waals surface area (Å²) in [6.07, 6.45) is 9.89. The van der Waals surface area contributed by atoms with Crippen LogP contribution in [-0.2, 0) is 41.2 Å². The molecule has 0 aliphatic heterocycles. The zero-order chi connectivity index (χ0) is 33.7. The Hall–Kier alpha value is -1.41. The van der Waals surface area contributed by atoms with Gasteiger partial charge in [-0.1, -0.05) is 0 Å². The molecular formula is C44H50Cl2Hf2Si2. The standard InChI is InChI=1S/4C10H9.2C2H7Si.2ClH.2Hf/c4*1-8-6-9-4-2-3-5-10(9)7-8;2*1-3-2;;;;/h4*2-7H,1H3;2*3H,1-2H3;2*1H;;/q;;;;;;;;2*+1/p-2. The number of benzene rings is 4. The Morgan fingerprint density at radius 1 is 0.360 bits per heavy atom. The summed E-state index contributed by atoms with van der Waals surface area (Å²) >= 11 is -3.86. The molecule has 0 spiro atoms. The molecule has 8 rings (SSSR count). The summed E-state index contributed by atoms with van der Waals surface area (Å²) in [5, 5.41) is 0. The molecule has 4 unspecified atom stereocenters. The van der Waals surface area contributed by atoms with E-state index in [1.165, 1.54) is 22.3 Å². The number of rotatable bonds is 6. The van der Waals surface area contributed by atoms with Gasteiger partial charge in [0.25, 0.3) is 0 Å². The van der Waals surface area contributed by atoms with Gasteiger partial charge in [-0.3, -0.25) is 0 Å². The molecular weight excluding hydrogens is 1010 g/mol. The second kappa shape index (κ2) is 16.7. The van der Waals surface area contributed by atoms with E-state index in [-0.39, 0.29) is 24.8 Å². The van der Waals surface area contributed by atoms with Gasteiger partial charge in [-0.25, -0.2) is 0 Å². The van der Waals surface area contributed by atoms with Crippen LogP contribution in [0.1, 0.15) is 86.9 Å². The third kappa shape index (κ3) is 7.38. The van der Waals surface area contributed by atoms with Crippen molar-refractivity contribution in [3.05, 3.63) is 164 Å². The smallest absolute Gasteiger partial charge is 1.00 e. The average Bonchev–Trinajstić information content (AvgIpc) is 3.78. The van der Waals surface area contributed by atoms with Crippen molar-refractivity contribution in [1.29, 1.82) is 0 Å². The van der Waals surface area contributed by atoms with Crippen LogP contribution in [-0.4, -0.2) is 12.0 Å². The van der Waals surface area contributed by atoms with Crippen LogP contribution in [0.15, 0.2) is 119 Å². The Bertz CT molecular complexity index is 1710. The molecule has 4 aromatic rings. The van der Waals surface area contributed by atoms with Gasteiger partial charge in [-0.2, -0.15) is 0 Å². The molecule has 0 aromatic heterocycles. The van der Waals surface area contributed by atoms with Crippen LogP contribution in [0.3, 0.4) is 0 Å². The number of halogens is 2. The van der Waals surface area contributed by atoms with Crippen LogP contribution in [0.2, 0.25) is 26.2 Å². The van der Waals surface area contributed by atoms with Gasteiger partial charge >= 0.3 is 310 Å². The Morgan fingerprint density at radius 2 is 0.560 bits per heavy atom. The van der Waals surface area contributed by atoms with Crippen molar-refractivity contribution in [3.8, 4) is 0 Å². The predicted molar refractivity (Wildman–Crippen MR) is 209 cm³/mol. The van der Waals surface area contributed by atoms with Crippen molar-refractivity contribution >= 4 is 36.3 Å². The van der Waals surface area contributed by atoms with Crippen molar-refractivity contribution in [3.63, 3.8) is 0 Å². The SMILES string of the molecule is CC1=Cc2ccccc2[CH]1[Hf+]([CH]1C(C)=Cc2ccccc21)[SiH](C)C.CC1=Cc2ccccc2[CH]1[Hf+]([CH]1C(C)=Cc2ccccc21)[SiH](C)C.[Cl-].[Cl-]. The van der Waals surface area contributed by atoms with E-state index in [1.54, 1.807) is 44.5 Å². The molecule has 6 heteroatoms. The molecule has 0 fully saturated rings. The second-order valence-corrected chi connectivity index (χ2v) is 71.0. The van der Waals surface area contributed by atoms with Gasteiger partial charge in [0.1, 0.15) is 0 Å². The normalized spacial score (nSPS) is 20.5.